The quantitative estimate of drug-likeness (QED) is 0.818. The van der Waals surface area contributed by atoms with Gasteiger partial charge in [-0.2, -0.15) is 0 Å². The third-order valence-corrected chi connectivity index (χ3v) is 4.05. The Kier molecular flexibility index (Phi) is 8.08. The zero-order valence-corrected chi connectivity index (χ0v) is 14.4. The van der Waals surface area contributed by atoms with Gasteiger partial charge in [0.05, 0.1) is 0 Å². The molecular weight excluding hydrogens is 309 g/mol. The maximum Gasteiger partial charge on any atom is 0.251 e. The van der Waals surface area contributed by atoms with Crippen molar-refractivity contribution in [2.45, 2.75) is 38.8 Å². The fourth-order valence-corrected chi connectivity index (χ4v) is 2.57. The maximum absolute atomic E-state index is 12.3. The smallest absolute Gasteiger partial charge is 0.251 e. The van der Waals surface area contributed by atoms with Crippen molar-refractivity contribution in [2.24, 2.45) is 0 Å². The number of aryl methyl sites for hydroxylation is 1. The number of halogens is 2. The molecule has 1 aromatic rings. The van der Waals surface area contributed by atoms with Crippen LogP contribution >= 0.6 is 24.8 Å². The van der Waals surface area contributed by atoms with E-state index >= 15 is 0 Å². The fraction of sp³-hybridized carbons (Fsp3) is 0.533. The highest BCUT2D eigenvalue weighted by Crippen LogP contribution is 2.17. The molecule has 2 rings (SSSR count). The second-order valence-electron chi connectivity index (χ2n) is 5.60. The van der Waals surface area contributed by atoms with Gasteiger partial charge in [0.15, 0.2) is 0 Å². The fourth-order valence-electron chi connectivity index (χ4n) is 2.57. The summed E-state index contributed by atoms with van der Waals surface area (Å²) >= 11 is 0. The third-order valence-electron chi connectivity index (χ3n) is 4.05. The Labute approximate surface area is 139 Å². The number of amides is 1. The molecule has 1 fully saturated rings. The van der Waals surface area contributed by atoms with Gasteiger partial charge in [0.2, 0.25) is 0 Å². The van der Waals surface area contributed by atoms with Crippen molar-refractivity contribution >= 4 is 36.4 Å². The highest BCUT2D eigenvalue weighted by molar-refractivity contribution is 5.96. The van der Waals surface area contributed by atoms with Gasteiger partial charge in [0.25, 0.3) is 5.91 Å². The minimum atomic E-state index is -0.00782. The molecule has 1 aromatic carbocycles. The normalized spacial score (nSPS) is 21.9. The molecule has 0 spiro atoms. The third kappa shape index (κ3) is 5.06. The molecule has 6 heteroatoms. The Morgan fingerprint density at radius 2 is 2.05 bits per heavy atom. The zero-order chi connectivity index (χ0) is 14.0. The van der Waals surface area contributed by atoms with Gasteiger partial charge in [-0.05, 0) is 51.4 Å². The number of nitrogens with zero attached hydrogens (tertiary/aromatic N) is 1. The number of hydrogen-bond acceptors (Lipinski definition) is 3. The second kappa shape index (κ2) is 8.47. The lowest BCUT2D eigenvalue weighted by Gasteiger charge is -2.35. The highest BCUT2D eigenvalue weighted by atomic mass is 35.5. The van der Waals surface area contributed by atoms with Crippen LogP contribution in [0.1, 0.15) is 35.7 Å². The lowest BCUT2D eigenvalue weighted by molar-refractivity contribution is 0.0896. The van der Waals surface area contributed by atoms with Crippen LogP contribution in [0.3, 0.4) is 0 Å². The van der Waals surface area contributed by atoms with Crippen molar-refractivity contribution in [1.82, 2.24) is 10.2 Å². The highest BCUT2D eigenvalue weighted by Gasteiger charge is 2.24. The van der Waals surface area contributed by atoms with Gasteiger partial charge in [-0.25, -0.2) is 0 Å². The molecule has 0 radical (unpaired) electrons. The van der Waals surface area contributed by atoms with Gasteiger partial charge in [-0.1, -0.05) is 6.07 Å². The Balaban J connectivity index is 0.00000200. The van der Waals surface area contributed by atoms with Crippen LogP contribution in [-0.2, 0) is 0 Å². The van der Waals surface area contributed by atoms with E-state index in [4.69, 9.17) is 5.73 Å². The average Bonchev–Trinajstić information content (AvgIpc) is 2.36. The molecule has 0 aromatic heterocycles. The Morgan fingerprint density at radius 1 is 1.38 bits per heavy atom. The number of benzene rings is 1. The van der Waals surface area contributed by atoms with Gasteiger partial charge >= 0.3 is 0 Å². The number of rotatable bonds is 2. The summed E-state index contributed by atoms with van der Waals surface area (Å²) in [5.74, 6) is -0.00782. The monoisotopic (exact) mass is 333 g/mol. The molecule has 4 nitrogen and oxygen atoms in total. The van der Waals surface area contributed by atoms with E-state index in [-0.39, 0.29) is 36.8 Å². The van der Waals surface area contributed by atoms with E-state index in [1.54, 1.807) is 6.07 Å². The molecule has 1 aliphatic heterocycles. The van der Waals surface area contributed by atoms with Crippen LogP contribution in [0, 0.1) is 6.92 Å². The molecule has 21 heavy (non-hydrogen) atoms. The van der Waals surface area contributed by atoms with Crippen LogP contribution in [-0.4, -0.2) is 36.5 Å². The first-order valence-electron chi connectivity index (χ1n) is 6.84. The van der Waals surface area contributed by atoms with Crippen LogP contribution in [0.4, 0.5) is 5.69 Å². The summed E-state index contributed by atoms with van der Waals surface area (Å²) < 4.78 is 0. The van der Waals surface area contributed by atoms with Crippen LogP contribution in [0.5, 0.6) is 0 Å². The first-order chi connectivity index (χ1) is 8.97. The Bertz CT molecular complexity index is 482. The van der Waals surface area contributed by atoms with Gasteiger partial charge < -0.3 is 16.0 Å². The van der Waals surface area contributed by atoms with E-state index in [0.29, 0.717) is 17.3 Å². The molecule has 1 saturated heterocycles. The molecule has 0 saturated carbocycles. The summed E-state index contributed by atoms with van der Waals surface area (Å²) in [7, 11) is 2.13. The van der Waals surface area contributed by atoms with Crippen molar-refractivity contribution in [3.63, 3.8) is 0 Å². The molecule has 0 bridgehead atoms. The summed E-state index contributed by atoms with van der Waals surface area (Å²) in [5.41, 5.74) is 8.04. The van der Waals surface area contributed by atoms with E-state index in [1.165, 1.54) is 0 Å². The lowest BCUT2D eigenvalue weighted by atomic mass is 9.98. The standard InChI is InChI=1S/C15H23N3O.2ClH/c1-10-4-5-12(16)9-14(10)15(19)17-13-6-7-18(3)11(2)8-13;;/h4-5,9,11,13H,6-8,16H2,1-3H3,(H,17,19);2*1H. The number of nitrogens with one attached hydrogen (secondary N) is 1. The molecule has 3 N–H and O–H groups in total. The number of carbonyl (C=O) groups excluding carboxylic acids is 1. The Morgan fingerprint density at radius 3 is 2.67 bits per heavy atom. The van der Waals surface area contributed by atoms with Gasteiger partial charge in [0.1, 0.15) is 0 Å². The summed E-state index contributed by atoms with van der Waals surface area (Å²) in [6.07, 6.45) is 2.01. The number of carbonyl (C=O) groups is 1. The van der Waals surface area contributed by atoms with Crippen molar-refractivity contribution in [1.29, 1.82) is 0 Å². The number of piperidine rings is 1. The number of hydrogen-bond donors (Lipinski definition) is 2. The van der Waals surface area contributed by atoms with Crippen LogP contribution < -0.4 is 11.1 Å². The first-order valence-corrected chi connectivity index (χ1v) is 6.84. The van der Waals surface area contributed by atoms with Crippen LogP contribution in [0.25, 0.3) is 0 Å². The van der Waals surface area contributed by atoms with Gasteiger partial charge in [-0.3, -0.25) is 4.79 Å². The largest absolute Gasteiger partial charge is 0.399 e. The molecule has 0 aliphatic carbocycles. The summed E-state index contributed by atoms with van der Waals surface area (Å²) in [6, 6.07) is 6.24. The average molecular weight is 334 g/mol. The van der Waals surface area contributed by atoms with Crippen LogP contribution in [0.15, 0.2) is 18.2 Å². The second-order valence-corrected chi connectivity index (χ2v) is 5.60. The van der Waals surface area contributed by atoms with E-state index in [9.17, 15) is 4.79 Å². The molecule has 2 unspecified atom stereocenters. The number of likely N-dealkylation sites (tertiary alicyclic amines) is 1. The Hall–Kier alpha value is -0.970. The summed E-state index contributed by atoms with van der Waals surface area (Å²) in [4.78, 5) is 14.6. The summed E-state index contributed by atoms with van der Waals surface area (Å²) in [5, 5.41) is 3.13. The minimum Gasteiger partial charge on any atom is -0.399 e. The number of nitrogens with two attached hydrogens (primary N) is 1. The van der Waals surface area contributed by atoms with E-state index in [0.717, 1.165) is 24.9 Å². The van der Waals surface area contributed by atoms with Crippen molar-refractivity contribution in [3.05, 3.63) is 29.3 Å². The topological polar surface area (TPSA) is 58.4 Å². The van der Waals surface area contributed by atoms with Crippen LogP contribution in [0.2, 0.25) is 0 Å². The lowest BCUT2D eigenvalue weighted by Crippen LogP contribution is -2.47. The molecule has 120 valence electrons. The molecular formula is C15H25Cl2N3O. The predicted molar refractivity (Wildman–Crippen MR) is 92.7 cm³/mol. The van der Waals surface area contributed by atoms with E-state index < -0.39 is 0 Å². The zero-order valence-electron chi connectivity index (χ0n) is 12.8. The van der Waals surface area contributed by atoms with E-state index in [2.05, 4.69) is 24.2 Å². The number of anilines is 1. The number of nitrogen functional groups attached to an aromatic ring is 1. The molecule has 2 atom stereocenters. The minimum absolute atomic E-state index is 0. The van der Waals surface area contributed by atoms with Gasteiger partial charge in [-0.15, -0.1) is 24.8 Å². The summed E-state index contributed by atoms with van der Waals surface area (Å²) in [6.45, 7) is 5.16. The molecule has 1 aliphatic rings. The molecule has 1 amide bonds. The van der Waals surface area contributed by atoms with Crippen molar-refractivity contribution in [3.8, 4) is 0 Å². The first kappa shape index (κ1) is 20.0. The maximum atomic E-state index is 12.3. The SMILES string of the molecule is Cc1ccc(N)cc1C(=O)NC1CCN(C)C(C)C1.Cl.Cl. The van der Waals surface area contributed by atoms with Crippen molar-refractivity contribution < 1.29 is 4.79 Å². The van der Waals surface area contributed by atoms with Gasteiger partial charge in [0, 0.05) is 29.9 Å². The molecule has 1 heterocycles. The predicted octanol–water partition coefficient (Wildman–Crippen LogP) is 2.63. The van der Waals surface area contributed by atoms with Crippen molar-refractivity contribution in [2.75, 3.05) is 19.3 Å². The van der Waals surface area contributed by atoms with E-state index in [1.807, 2.05) is 19.1 Å².